The standard InChI is InChI=1S/C8H16N2O2.2Al.6H/c11-7-9-5-3-1-2-4-6-10-8-12;;;;;;;;/h7-8H,1-6H2,(H,9,11)(H,10,12);;;;;;;;. The second kappa shape index (κ2) is 18.7. The lowest BCUT2D eigenvalue weighted by atomic mass is 10.2. The van der Waals surface area contributed by atoms with Crippen LogP contribution in [0.25, 0.3) is 0 Å². The Hall–Kier alpha value is 0.00494. The van der Waals surface area contributed by atoms with E-state index in [9.17, 15) is 9.59 Å². The van der Waals surface area contributed by atoms with E-state index in [1.807, 2.05) is 0 Å². The van der Waals surface area contributed by atoms with Crippen molar-refractivity contribution in [2.45, 2.75) is 25.7 Å². The van der Waals surface area contributed by atoms with E-state index in [4.69, 9.17) is 0 Å². The lowest BCUT2D eigenvalue weighted by Gasteiger charge is -1.99. The van der Waals surface area contributed by atoms with Crippen LogP contribution in [-0.2, 0) is 9.59 Å². The van der Waals surface area contributed by atoms with Gasteiger partial charge in [-0.15, -0.1) is 0 Å². The van der Waals surface area contributed by atoms with E-state index in [0.717, 1.165) is 38.8 Å². The molecule has 0 aliphatic carbocycles. The van der Waals surface area contributed by atoms with Crippen LogP contribution in [0, 0.1) is 0 Å². The first kappa shape index (κ1) is 19.6. The molecule has 82 valence electrons. The zero-order chi connectivity index (χ0) is 9.07. The van der Waals surface area contributed by atoms with Crippen molar-refractivity contribution >= 4 is 47.5 Å². The normalized spacial score (nSPS) is 7.71. The molecule has 14 heavy (non-hydrogen) atoms. The highest BCUT2D eigenvalue weighted by atomic mass is 27.0. The minimum atomic E-state index is 0. The molecule has 2 N–H and O–H groups in total. The quantitative estimate of drug-likeness (QED) is 0.266. The maximum absolute atomic E-state index is 9.82. The largest absolute Gasteiger partial charge is 0.359 e. The van der Waals surface area contributed by atoms with Gasteiger partial charge in [0.15, 0.2) is 34.7 Å². The molecular weight excluding hydrogens is 210 g/mol. The molecule has 0 heterocycles. The summed E-state index contributed by atoms with van der Waals surface area (Å²) in [7, 11) is 0. The Bertz CT molecular complexity index is 112. The van der Waals surface area contributed by atoms with Crippen LogP contribution in [0.4, 0.5) is 0 Å². The van der Waals surface area contributed by atoms with E-state index in [0.29, 0.717) is 12.8 Å². The molecule has 0 unspecified atom stereocenters. The van der Waals surface area contributed by atoms with Gasteiger partial charge < -0.3 is 10.6 Å². The molecule has 0 radical (unpaired) electrons. The molecule has 0 fully saturated rings. The fourth-order valence-corrected chi connectivity index (χ4v) is 0.926. The van der Waals surface area contributed by atoms with E-state index in [1.54, 1.807) is 0 Å². The fraction of sp³-hybridized carbons (Fsp3) is 0.750. The number of hydrogen-bond acceptors (Lipinski definition) is 2. The molecule has 0 rings (SSSR count). The van der Waals surface area contributed by atoms with Gasteiger partial charge in [0.05, 0.1) is 0 Å². The van der Waals surface area contributed by atoms with Gasteiger partial charge in [0.2, 0.25) is 12.8 Å². The van der Waals surface area contributed by atoms with Crippen molar-refractivity contribution in [1.29, 1.82) is 0 Å². The SMILES string of the molecule is O=CNCCCCCCNC=O.[AlH3].[AlH3]. The smallest absolute Gasteiger partial charge is 0.207 e. The van der Waals surface area contributed by atoms with Crippen LogP contribution in [0.1, 0.15) is 25.7 Å². The predicted octanol–water partition coefficient (Wildman–Crippen LogP) is -2.33. The molecule has 0 aromatic heterocycles. The van der Waals surface area contributed by atoms with Gasteiger partial charge in [0, 0.05) is 13.1 Å². The first-order valence-electron chi connectivity index (χ1n) is 4.26. The van der Waals surface area contributed by atoms with E-state index < -0.39 is 0 Å². The molecular formula is C8H22Al2N2O2. The van der Waals surface area contributed by atoms with E-state index in [-0.39, 0.29) is 34.7 Å². The highest BCUT2D eigenvalue weighted by Gasteiger charge is 1.88. The Labute approximate surface area is 106 Å². The second-order valence-electron chi connectivity index (χ2n) is 2.56. The summed E-state index contributed by atoms with van der Waals surface area (Å²) in [6.45, 7) is 1.51. The van der Waals surface area contributed by atoms with Crippen LogP contribution in [0.5, 0.6) is 0 Å². The van der Waals surface area contributed by atoms with Gasteiger partial charge in [-0.1, -0.05) is 12.8 Å². The summed E-state index contributed by atoms with van der Waals surface area (Å²) in [6.07, 6.45) is 5.66. The van der Waals surface area contributed by atoms with Crippen LogP contribution in [0.2, 0.25) is 0 Å². The summed E-state index contributed by atoms with van der Waals surface area (Å²) in [5.41, 5.74) is 0. The molecule has 0 spiro atoms. The first-order valence-corrected chi connectivity index (χ1v) is 4.26. The number of hydrogen-bond donors (Lipinski definition) is 2. The van der Waals surface area contributed by atoms with Crippen LogP contribution in [0.3, 0.4) is 0 Å². The molecule has 0 aliphatic rings. The lowest BCUT2D eigenvalue weighted by Crippen LogP contribution is -2.13. The van der Waals surface area contributed by atoms with Crippen molar-refractivity contribution in [3.63, 3.8) is 0 Å². The van der Waals surface area contributed by atoms with Crippen molar-refractivity contribution < 1.29 is 9.59 Å². The fourth-order valence-electron chi connectivity index (χ4n) is 0.926. The van der Waals surface area contributed by atoms with Crippen LogP contribution in [-0.4, -0.2) is 60.6 Å². The second-order valence-corrected chi connectivity index (χ2v) is 2.56. The average Bonchev–Trinajstić information content (AvgIpc) is 2.10. The third-order valence-electron chi connectivity index (χ3n) is 1.56. The number of carbonyl (C=O) groups excluding carboxylic acids is 2. The van der Waals surface area contributed by atoms with Gasteiger partial charge in [-0.05, 0) is 12.8 Å². The van der Waals surface area contributed by atoms with Crippen molar-refractivity contribution in [1.82, 2.24) is 10.6 Å². The van der Waals surface area contributed by atoms with Crippen LogP contribution < -0.4 is 10.6 Å². The summed E-state index contributed by atoms with van der Waals surface area (Å²) in [5.74, 6) is 0. The van der Waals surface area contributed by atoms with Gasteiger partial charge in [-0.3, -0.25) is 9.59 Å². The summed E-state index contributed by atoms with van der Waals surface area (Å²) >= 11 is 0. The van der Waals surface area contributed by atoms with Gasteiger partial charge in [0.1, 0.15) is 0 Å². The zero-order valence-electron chi connectivity index (χ0n) is 7.21. The minimum Gasteiger partial charge on any atom is -0.359 e. The predicted molar refractivity (Wildman–Crippen MR) is 66.5 cm³/mol. The average molecular weight is 232 g/mol. The highest BCUT2D eigenvalue weighted by Crippen LogP contribution is 1.96. The summed E-state index contributed by atoms with van der Waals surface area (Å²) in [6, 6.07) is 0. The minimum absolute atomic E-state index is 0. The van der Waals surface area contributed by atoms with Gasteiger partial charge in [-0.25, -0.2) is 0 Å². The van der Waals surface area contributed by atoms with E-state index in [1.165, 1.54) is 0 Å². The molecule has 0 aromatic rings. The summed E-state index contributed by atoms with van der Waals surface area (Å²) < 4.78 is 0. The third-order valence-corrected chi connectivity index (χ3v) is 1.56. The number of rotatable bonds is 9. The molecule has 4 nitrogen and oxygen atoms in total. The van der Waals surface area contributed by atoms with Gasteiger partial charge in [0.25, 0.3) is 0 Å². The maximum atomic E-state index is 9.82. The summed E-state index contributed by atoms with van der Waals surface area (Å²) in [5, 5.41) is 5.20. The van der Waals surface area contributed by atoms with E-state index in [2.05, 4.69) is 10.6 Å². The molecule has 0 bridgehead atoms. The van der Waals surface area contributed by atoms with Gasteiger partial charge in [-0.2, -0.15) is 0 Å². The lowest BCUT2D eigenvalue weighted by molar-refractivity contribution is -0.110. The molecule has 0 aromatic carbocycles. The Kier molecular flexibility index (Phi) is 26.2. The van der Waals surface area contributed by atoms with Crippen molar-refractivity contribution in [2.75, 3.05) is 13.1 Å². The van der Waals surface area contributed by atoms with Crippen molar-refractivity contribution in [3.8, 4) is 0 Å². The number of unbranched alkanes of at least 4 members (excludes halogenated alkanes) is 3. The first-order chi connectivity index (χ1) is 5.91. The van der Waals surface area contributed by atoms with Gasteiger partial charge >= 0.3 is 0 Å². The summed E-state index contributed by atoms with van der Waals surface area (Å²) in [4.78, 5) is 19.6. The Morgan fingerprint density at radius 2 is 1.07 bits per heavy atom. The van der Waals surface area contributed by atoms with Crippen molar-refractivity contribution in [2.24, 2.45) is 0 Å². The number of nitrogens with one attached hydrogen (secondary N) is 2. The molecule has 0 saturated heterocycles. The van der Waals surface area contributed by atoms with Crippen LogP contribution in [0.15, 0.2) is 0 Å². The number of carbonyl (C=O) groups is 2. The Morgan fingerprint density at radius 3 is 1.36 bits per heavy atom. The molecule has 0 saturated carbocycles. The zero-order valence-corrected chi connectivity index (χ0v) is 7.21. The molecule has 6 heteroatoms. The Morgan fingerprint density at radius 1 is 0.714 bits per heavy atom. The maximum Gasteiger partial charge on any atom is 0.207 e. The molecule has 0 aliphatic heterocycles. The topological polar surface area (TPSA) is 58.2 Å². The highest BCUT2D eigenvalue weighted by molar-refractivity contribution is 5.76. The number of amides is 2. The van der Waals surface area contributed by atoms with Crippen molar-refractivity contribution in [3.05, 3.63) is 0 Å². The van der Waals surface area contributed by atoms with E-state index >= 15 is 0 Å². The molecule has 2 amide bonds. The molecule has 0 atom stereocenters. The Balaban J connectivity index is -0.000000605. The third kappa shape index (κ3) is 17.9. The van der Waals surface area contributed by atoms with Crippen LogP contribution >= 0.6 is 0 Å². The monoisotopic (exact) mass is 232 g/mol.